The van der Waals surface area contributed by atoms with Gasteiger partial charge in [0.15, 0.2) is 5.82 Å². The van der Waals surface area contributed by atoms with Crippen LogP contribution in [0, 0.1) is 0 Å². The van der Waals surface area contributed by atoms with Gasteiger partial charge in [0.1, 0.15) is 11.3 Å². The summed E-state index contributed by atoms with van der Waals surface area (Å²) in [7, 11) is 1.71. The highest BCUT2D eigenvalue weighted by atomic mass is 16.5. The molecular formula is C23H30N6O2. The molecule has 0 spiro atoms. The van der Waals surface area contributed by atoms with Crippen molar-refractivity contribution in [3.05, 3.63) is 46.7 Å². The molecule has 0 unspecified atom stereocenters. The van der Waals surface area contributed by atoms with E-state index in [1.807, 2.05) is 0 Å². The largest absolute Gasteiger partial charge is 0.384 e. The van der Waals surface area contributed by atoms with Crippen LogP contribution in [0.4, 0.5) is 5.82 Å². The number of imidazole rings is 1. The number of hydrogen-bond acceptors (Lipinski definition) is 6. The molecule has 0 aliphatic heterocycles. The first-order valence-corrected chi connectivity index (χ1v) is 11.0. The van der Waals surface area contributed by atoms with Gasteiger partial charge in [-0.1, -0.05) is 0 Å². The van der Waals surface area contributed by atoms with Crippen LogP contribution < -0.4 is 11.5 Å². The van der Waals surface area contributed by atoms with E-state index in [1.54, 1.807) is 25.4 Å². The fourth-order valence-corrected chi connectivity index (χ4v) is 4.42. The summed E-state index contributed by atoms with van der Waals surface area (Å²) in [6, 6.07) is 3.43. The first-order chi connectivity index (χ1) is 15.1. The minimum Gasteiger partial charge on any atom is -0.384 e. The monoisotopic (exact) mass is 422 g/mol. The number of methoxy groups -OCH3 is 1. The van der Waals surface area contributed by atoms with Gasteiger partial charge in [-0.25, -0.2) is 9.97 Å². The van der Waals surface area contributed by atoms with Gasteiger partial charge >= 0.3 is 0 Å². The standard InChI is InChI=1S/C23H30N6O2/c1-31-13-10-19-28-20-21(17-7-2-3-8-18(17)27-22(20)24)29(19)12-5-4-6-16-14-15(23(25)30)9-11-26-16/h9,11,14H,2-8,10,12-13H2,1H3,(H2,24,27)(H2,25,30). The Morgan fingerprint density at radius 3 is 2.84 bits per heavy atom. The van der Waals surface area contributed by atoms with Crippen molar-refractivity contribution in [3.63, 3.8) is 0 Å². The molecule has 0 radical (unpaired) electrons. The Balaban J connectivity index is 1.56. The maximum atomic E-state index is 11.4. The van der Waals surface area contributed by atoms with Gasteiger partial charge in [0.25, 0.3) is 0 Å². The Hall–Kier alpha value is -3.00. The molecule has 1 amide bonds. The van der Waals surface area contributed by atoms with Crippen LogP contribution in [-0.4, -0.2) is 39.1 Å². The van der Waals surface area contributed by atoms with Gasteiger partial charge in [-0.15, -0.1) is 0 Å². The molecule has 3 aromatic heterocycles. The Morgan fingerprint density at radius 1 is 1.19 bits per heavy atom. The van der Waals surface area contributed by atoms with E-state index in [0.717, 1.165) is 79.7 Å². The van der Waals surface area contributed by atoms with Crippen LogP contribution in [0.15, 0.2) is 18.3 Å². The molecule has 4 rings (SSSR count). The first-order valence-electron chi connectivity index (χ1n) is 11.0. The van der Waals surface area contributed by atoms with Crippen molar-refractivity contribution in [1.82, 2.24) is 19.5 Å². The highest BCUT2D eigenvalue weighted by molar-refractivity contribution is 5.92. The third kappa shape index (κ3) is 4.54. The molecule has 8 heteroatoms. The molecule has 3 aromatic rings. The van der Waals surface area contributed by atoms with E-state index >= 15 is 0 Å². The first kappa shape index (κ1) is 21.2. The third-order valence-electron chi connectivity index (χ3n) is 5.96. The molecule has 8 nitrogen and oxygen atoms in total. The number of nitrogens with zero attached hydrogens (tertiary/aromatic N) is 4. The Kier molecular flexibility index (Phi) is 6.46. The number of pyridine rings is 2. The number of aromatic nitrogens is 4. The van der Waals surface area contributed by atoms with Crippen molar-refractivity contribution < 1.29 is 9.53 Å². The summed E-state index contributed by atoms with van der Waals surface area (Å²) in [5.74, 6) is 1.10. The van der Waals surface area contributed by atoms with Crippen molar-refractivity contribution in [1.29, 1.82) is 0 Å². The van der Waals surface area contributed by atoms with E-state index in [2.05, 4.69) is 14.5 Å². The van der Waals surface area contributed by atoms with Gasteiger partial charge in [0.2, 0.25) is 5.91 Å². The number of ether oxygens (including phenoxy) is 1. The van der Waals surface area contributed by atoms with Crippen molar-refractivity contribution in [2.45, 2.75) is 57.9 Å². The number of amides is 1. The van der Waals surface area contributed by atoms with Crippen molar-refractivity contribution >= 4 is 22.8 Å². The van der Waals surface area contributed by atoms with Crippen LogP contribution in [0.25, 0.3) is 11.0 Å². The zero-order chi connectivity index (χ0) is 21.8. The molecule has 164 valence electrons. The van der Waals surface area contributed by atoms with Gasteiger partial charge in [-0.3, -0.25) is 9.78 Å². The van der Waals surface area contributed by atoms with Gasteiger partial charge in [-0.2, -0.15) is 0 Å². The summed E-state index contributed by atoms with van der Waals surface area (Å²) in [6.45, 7) is 1.46. The maximum Gasteiger partial charge on any atom is 0.248 e. The minimum absolute atomic E-state index is 0.424. The molecule has 0 saturated carbocycles. The summed E-state index contributed by atoms with van der Waals surface area (Å²) >= 11 is 0. The highest BCUT2D eigenvalue weighted by Crippen LogP contribution is 2.32. The lowest BCUT2D eigenvalue weighted by Crippen LogP contribution is -2.12. The number of primary amides is 1. The molecule has 0 atom stereocenters. The lowest BCUT2D eigenvalue weighted by atomic mass is 9.95. The molecule has 3 heterocycles. The average Bonchev–Trinajstić information content (AvgIpc) is 3.15. The van der Waals surface area contributed by atoms with Crippen molar-refractivity contribution in [2.24, 2.45) is 5.73 Å². The lowest BCUT2D eigenvalue weighted by molar-refractivity contribution is 0.1000. The van der Waals surface area contributed by atoms with Gasteiger partial charge in [-0.05, 0) is 62.6 Å². The van der Waals surface area contributed by atoms with E-state index in [1.165, 1.54) is 12.0 Å². The number of nitrogens with two attached hydrogens (primary N) is 2. The zero-order valence-corrected chi connectivity index (χ0v) is 18.1. The molecule has 31 heavy (non-hydrogen) atoms. The molecular weight excluding hydrogens is 392 g/mol. The number of aryl methyl sites for hydroxylation is 4. The summed E-state index contributed by atoms with van der Waals surface area (Å²) in [5.41, 5.74) is 17.5. The zero-order valence-electron chi connectivity index (χ0n) is 18.1. The molecule has 0 saturated heterocycles. The van der Waals surface area contributed by atoms with E-state index in [4.69, 9.17) is 21.2 Å². The Morgan fingerprint density at radius 2 is 2.03 bits per heavy atom. The fourth-order valence-electron chi connectivity index (χ4n) is 4.42. The second-order valence-corrected chi connectivity index (χ2v) is 8.11. The summed E-state index contributed by atoms with van der Waals surface area (Å²) in [4.78, 5) is 25.3. The predicted molar refractivity (Wildman–Crippen MR) is 120 cm³/mol. The van der Waals surface area contributed by atoms with Crippen LogP contribution in [0.5, 0.6) is 0 Å². The second kappa shape index (κ2) is 9.43. The van der Waals surface area contributed by atoms with Crippen molar-refractivity contribution in [3.8, 4) is 0 Å². The molecule has 0 fully saturated rings. The number of carbonyl (C=O) groups excluding carboxylic acids is 1. The number of fused-ring (bicyclic) bond motifs is 3. The second-order valence-electron chi connectivity index (χ2n) is 8.11. The summed E-state index contributed by atoms with van der Waals surface area (Å²) in [5, 5.41) is 0. The van der Waals surface area contributed by atoms with Crippen LogP contribution in [-0.2, 0) is 37.0 Å². The molecule has 4 N–H and O–H groups in total. The van der Waals surface area contributed by atoms with Gasteiger partial charge in [0.05, 0.1) is 12.1 Å². The Bertz CT molecular complexity index is 1090. The topological polar surface area (TPSA) is 122 Å². The maximum absolute atomic E-state index is 11.4. The Labute approximate surface area is 182 Å². The third-order valence-corrected chi connectivity index (χ3v) is 5.96. The lowest BCUT2D eigenvalue weighted by Gasteiger charge is -2.18. The average molecular weight is 423 g/mol. The minimum atomic E-state index is -0.424. The number of nitrogen functional groups attached to an aromatic ring is 1. The SMILES string of the molecule is COCCc1nc2c(N)nc3c(c2n1CCCCc1cc(C(N)=O)ccn1)CCCC3. The van der Waals surface area contributed by atoms with Crippen LogP contribution >= 0.6 is 0 Å². The number of rotatable bonds is 9. The van der Waals surface area contributed by atoms with Gasteiger partial charge in [0, 0.05) is 43.2 Å². The molecule has 1 aliphatic carbocycles. The quantitative estimate of drug-likeness (QED) is 0.511. The van der Waals surface area contributed by atoms with Crippen LogP contribution in [0.2, 0.25) is 0 Å². The molecule has 1 aliphatic rings. The van der Waals surface area contributed by atoms with E-state index < -0.39 is 5.91 Å². The predicted octanol–water partition coefficient (Wildman–Crippen LogP) is 2.60. The number of anilines is 1. The number of hydrogen-bond donors (Lipinski definition) is 2. The smallest absolute Gasteiger partial charge is 0.248 e. The fraction of sp³-hybridized carbons (Fsp3) is 0.478. The highest BCUT2D eigenvalue weighted by Gasteiger charge is 2.22. The summed E-state index contributed by atoms with van der Waals surface area (Å²) in [6.07, 6.45) is 9.43. The van der Waals surface area contributed by atoms with E-state index in [0.29, 0.717) is 18.0 Å². The van der Waals surface area contributed by atoms with E-state index in [9.17, 15) is 4.79 Å². The molecule has 0 aromatic carbocycles. The van der Waals surface area contributed by atoms with Crippen LogP contribution in [0.3, 0.4) is 0 Å². The van der Waals surface area contributed by atoms with E-state index in [-0.39, 0.29) is 0 Å². The van der Waals surface area contributed by atoms with Crippen LogP contribution in [0.1, 0.15) is 58.8 Å². The molecule has 0 bridgehead atoms. The normalized spacial score (nSPS) is 13.5. The summed E-state index contributed by atoms with van der Waals surface area (Å²) < 4.78 is 7.63. The van der Waals surface area contributed by atoms with Crippen molar-refractivity contribution in [2.75, 3.05) is 19.5 Å². The van der Waals surface area contributed by atoms with Gasteiger partial charge < -0.3 is 20.8 Å². The number of unbranched alkanes of at least 4 members (excludes halogenated alkanes) is 1. The number of carbonyl (C=O) groups is 1.